The lowest BCUT2D eigenvalue weighted by Gasteiger charge is -2.36. The molecule has 1 aliphatic rings. The maximum Gasteiger partial charge on any atom is 0.289 e. The number of carbonyl (C=O) groups excluding carboxylic acids is 2. The zero-order valence-corrected chi connectivity index (χ0v) is 18.3. The molecule has 1 saturated heterocycles. The largest absolute Gasteiger partial charge is 0.459 e. The van der Waals surface area contributed by atoms with Crippen molar-refractivity contribution in [3.8, 4) is 0 Å². The summed E-state index contributed by atoms with van der Waals surface area (Å²) in [6, 6.07) is 11.2. The normalized spacial score (nSPS) is 14.6. The van der Waals surface area contributed by atoms with Crippen LogP contribution in [0.15, 0.2) is 52.1 Å². The standard InChI is InChI=1S/C22H30N6O3/c1-23-22(28-11-9-27(10-12-28)21(30)19-8-5-13-31-19)24-15-17-6-4-7-18(14-17)25-20(29)16-26(2)3/h4-8,13-14H,9-12,15-16H2,1-3H3,(H,23,24)(H,25,29). The van der Waals surface area contributed by atoms with Crippen LogP contribution in [0.5, 0.6) is 0 Å². The molecule has 3 rings (SSSR count). The molecule has 9 nitrogen and oxygen atoms in total. The molecule has 1 aromatic heterocycles. The number of anilines is 1. The Morgan fingerprint density at radius 1 is 1.10 bits per heavy atom. The Hall–Kier alpha value is -3.33. The Bertz CT molecular complexity index is 902. The van der Waals surface area contributed by atoms with Gasteiger partial charge in [-0.1, -0.05) is 12.1 Å². The zero-order chi connectivity index (χ0) is 22.2. The Kier molecular flexibility index (Phi) is 7.66. The van der Waals surface area contributed by atoms with E-state index in [1.807, 2.05) is 43.3 Å². The molecule has 0 aliphatic carbocycles. The highest BCUT2D eigenvalue weighted by molar-refractivity contribution is 5.92. The second kappa shape index (κ2) is 10.6. The molecular weight excluding hydrogens is 396 g/mol. The number of hydrogen-bond donors (Lipinski definition) is 2. The molecule has 0 saturated carbocycles. The summed E-state index contributed by atoms with van der Waals surface area (Å²) in [5.41, 5.74) is 1.81. The summed E-state index contributed by atoms with van der Waals surface area (Å²) in [7, 11) is 5.47. The molecule has 2 aromatic rings. The van der Waals surface area contributed by atoms with Gasteiger partial charge < -0.3 is 29.8 Å². The fourth-order valence-corrected chi connectivity index (χ4v) is 3.44. The van der Waals surface area contributed by atoms with Gasteiger partial charge in [-0.15, -0.1) is 0 Å². The van der Waals surface area contributed by atoms with E-state index in [-0.39, 0.29) is 11.8 Å². The van der Waals surface area contributed by atoms with E-state index < -0.39 is 0 Å². The van der Waals surface area contributed by atoms with Crippen LogP contribution >= 0.6 is 0 Å². The number of guanidine groups is 1. The van der Waals surface area contributed by atoms with Crippen molar-refractivity contribution in [2.45, 2.75) is 6.54 Å². The van der Waals surface area contributed by atoms with E-state index >= 15 is 0 Å². The molecule has 9 heteroatoms. The summed E-state index contributed by atoms with van der Waals surface area (Å²) < 4.78 is 5.21. The maximum atomic E-state index is 12.4. The van der Waals surface area contributed by atoms with Crippen molar-refractivity contribution in [3.05, 3.63) is 54.0 Å². The first-order chi connectivity index (χ1) is 15.0. The van der Waals surface area contributed by atoms with Crippen molar-refractivity contribution >= 4 is 23.5 Å². The third-order valence-corrected chi connectivity index (χ3v) is 4.93. The van der Waals surface area contributed by atoms with Crippen LogP contribution in [0.3, 0.4) is 0 Å². The molecule has 1 aliphatic heterocycles. The zero-order valence-electron chi connectivity index (χ0n) is 18.3. The summed E-state index contributed by atoms with van der Waals surface area (Å²) in [5, 5.41) is 6.28. The lowest BCUT2D eigenvalue weighted by atomic mass is 10.2. The summed E-state index contributed by atoms with van der Waals surface area (Å²) in [5.74, 6) is 1.02. The predicted octanol–water partition coefficient (Wildman–Crippen LogP) is 1.31. The number of carbonyl (C=O) groups is 2. The van der Waals surface area contributed by atoms with Gasteiger partial charge in [0.15, 0.2) is 11.7 Å². The van der Waals surface area contributed by atoms with Gasteiger partial charge in [-0.2, -0.15) is 0 Å². The number of nitrogens with one attached hydrogen (secondary N) is 2. The highest BCUT2D eigenvalue weighted by atomic mass is 16.3. The number of nitrogens with zero attached hydrogens (tertiary/aromatic N) is 4. The van der Waals surface area contributed by atoms with Crippen LogP contribution in [-0.2, 0) is 11.3 Å². The predicted molar refractivity (Wildman–Crippen MR) is 120 cm³/mol. The molecule has 2 heterocycles. The van der Waals surface area contributed by atoms with E-state index in [0.29, 0.717) is 45.0 Å². The third-order valence-electron chi connectivity index (χ3n) is 4.93. The van der Waals surface area contributed by atoms with E-state index in [2.05, 4.69) is 20.5 Å². The number of benzene rings is 1. The minimum absolute atomic E-state index is 0.0483. The Labute approximate surface area is 182 Å². The molecule has 2 amide bonds. The first kappa shape index (κ1) is 22.4. The number of rotatable bonds is 6. The molecule has 166 valence electrons. The Morgan fingerprint density at radius 2 is 1.84 bits per heavy atom. The molecule has 31 heavy (non-hydrogen) atoms. The van der Waals surface area contributed by atoms with Crippen LogP contribution in [0.25, 0.3) is 0 Å². The molecule has 0 atom stereocenters. The van der Waals surface area contributed by atoms with E-state index in [1.165, 1.54) is 6.26 Å². The molecule has 0 radical (unpaired) electrons. The van der Waals surface area contributed by atoms with Gasteiger partial charge in [0.05, 0.1) is 12.8 Å². The Balaban J connectivity index is 1.50. The minimum Gasteiger partial charge on any atom is -0.459 e. The van der Waals surface area contributed by atoms with Gasteiger partial charge in [-0.25, -0.2) is 0 Å². The van der Waals surface area contributed by atoms with E-state index in [9.17, 15) is 9.59 Å². The first-order valence-electron chi connectivity index (χ1n) is 10.3. The summed E-state index contributed by atoms with van der Waals surface area (Å²) >= 11 is 0. The average molecular weight is 427 g/mol. The van der Waals surface area contributed by atoms with Crippen LogP contribution in [0.4, 0.5) is 5.69 Å². The van der Waals surface area contributed by atoms with Crippen molar-refractivity contribution in [2.24, 2.45) is 4.99 Å². The Morgan fingerprint density at radius 3 is 2.48 bits per heavy atom. The minimum atomic E-state index is -0.0827. The van der Waals surface area contributed by atoms with E-state index in [0.717, 1.165) is 17.2 Å². The summed E-state index contributed by atoms with van der Waals surface area (Å²) in [6.45, 7) is 3.50. The van der Waals surface area contributed by atoms with Crippen molar-refractivity contribution in [3.63, 3.8) is 0 Å². The number of hydrogen-bond acceptors (Lipinski definition) is 5. The number of amides is 2. The van der Waals surface area contributed by atoms with Crippen LogP contribution in [0, 0.1) is 0 Å². The van der Waals surface area contributed by atoms with Crippen LogP contribution in [0.2, 0.25) is 0 Å². The van der Waals surface area contributed by atoms with Crippen molar-refractivity contribution in [1.29, 1.82) is 0 Å². The molecule has 0 bridgehead atoms. The maximum absolute atomic E-state index is 12.4. The second-order valence-electron chi connectivity index (χ2n) is 7.64. The smallest absolute Gasteiger partial charge is 0.289 e. The lowest BCUT2D eigenvalue weighted by molar-refractivity contribution is -0.116. The van der Waals surface area contributed by atoms with Crippen molar-refractivity contribution in [1.82, 2.24) is 20.0 Å². The van der Waals surface area contributed by atoms with Gasteiger partial charge in [0.25, 0.3) is 5.91 Å². The average Bonchev–Trinajstić information content (AvgIpc) is 3.29. The first-order valence-corrected chi connectivity index (χ1v) is 10.3. The molecule has 0 unspecified atom stereocenters. The van der Waals surface area contributed by atoms with E-state index in [4.69, 9.17) is 4.42 Å². The fraction of sp³-hybridized carbons (Fsp3) is 0.409. The highest BCUT2D eigenvalue weighted by Crippen LogP contribution is 2.12. The molecule has 1 fully saturated rings. The molecule has 1 aromatic carbocycles. The SMILES string of the molecule is CN=C(NCc1cccc(NC(=O)CN(C)C)c1)N1CCN(C(=O)c2ccco2)CC1. The van der Waals surface area contributed by atoms with E-state index in [1.54, 1.807) is 24.1 Å². The quantitative estimate of drug-likeness (QED) is 0.535. The molecule has 2 N–H and O–H groups in total. The van der Waals surface area contributed by atoms with Crippen molar-refractivity contribution in [2.75, 3.05) is 59.2 Å². The van der Waals surface area contributed by atoms with Gasteiger partial charge in [-0.05, 0) is 43.9 Å². The monoisotopic (exact) mass is 426 g/mol. The van der Waals surface area contributed by atoms with Gasteiger partial charge in [0.1, 0.15) is 0 Å². The lowest BCUT2D eigenvalue weighted by Crippen LogP contribution is -2.53. The third kappa shape index (κ3) is 6.32. The van der Waals surface area contributed by atoms with Gasteiger partial charge in [-0.3, -0.25) is 14.6 Å². The van der Waals surface area contributed by atoms with Gasteiger partial charge in [0, 0.05) is 45.5 Å². The fourth-order valence-electron chi connectivity index (χ4n) is 3.44. The topological polar surface area (TPSA) is 93.4 Å². The highest BCUT2D eigenvalue weighted by Gasteiger charge is 2.25. The van der Waals surface area contributed by atoms with Crippen molar-refractivity contribution < 1.29 is 14.0 Å². The molecule has 0 spiro atoms. The van der Waals surface area contributed by atoms with Crippen LogP contribution in [0.1, 0.15) is 16.1 Å². The summed E-state index contributed by atoms with van der Waals surface area (Å²) in [4.78, 5) is 34.5. The number of furan rings is 1. The number of piperazine rings is 1. The number of aliphatic imine (C=N–C) groups is 1. The van der Waals surface area contributed by atoms with Gasteiger partial charge >= 0.3 is 0 Å². The summed E-state index contributed by atoms with van der Waals surface area (Å²) in [6.07, 6.45) is 1.51. The number of likely N-dealkylation sites (N-methyl/N-ethyl adjacent to an activating group) is 1. The second-order valence-corrected chi connectivity index (χ2v) is 7.64. The van der Waals surface area contributed by atoms with Crippen LogP contribution in [-0.4, -0.2) is 86.3 Å². The molecular formula is C22H30N6O3. The van der Waals surface area contributed by atoms with Crippen LogP contribution < -0.4 is 10.6 Å². The van der Waals surface area contributed by atoms with Gasteiger partial charge in [0.2, 0.25) is 5.91 Å².